The van der Waals surface area contributed by atoms with Crippen LogP contribution in [0.1, 0.15) is 13.8 Å². The largest absolute Gasteiger partial charge is 0.480 e. The molecule has 0 aliphatic rings. The molecule has 4 nitrogen and oxygen atoms in total. The third-order valence-corrected chi connectivity index (χ3v) is 3.84. The van der Waals surface area contributed by atoms with E-state index < -0.39 is 5.97 Å². The summed E-state index contributed by atoms with van der Waals surface area (Å²) in [7, 11) is 0. The van der Waals surface area contributed by atoms with Gasteiger partial charge in [-0.05, 0) is 18.1 Å². The Bertz CT molecular complexity index is 406. The van der Waals surface area contributed by atoms with E-state index in [2.05, 4.69) is 5.32 Å². The molecule has 0 heterocycles. The van der Waals surface area contributed by atoms with Gasteiger partial charge in [0.2, 0.25) is 5.91 Å². The summed E-state index contributed by atoms with van der Waals surface area (Å²) in [4.78, 5) is 23.3. The lowest BCUT2D eigenvalue weighted by Gasteiger charge is -2.19. The highest BCUT2D eigenvalue weighted by molar-refractivity contribution is 8.00. The van der Waals surface area contributed by atoms with E-state index in [9.17, 15) is 9.59 Å². The number of carbonyl (C=O) groups excluding carboxylic acids is 1. The van der Waals surface area contributed by atoms with E-state index in [0.29, 0.717) is 0 Å². The molecule has 1 aromatic carbocycles. The minimum Gasteiger partial charge on any atom is -0.480 e. The first-order valence-corrected chi connectivity index (χ1v) is 6.60. The fourth-order valence-corrected chi connectivity index (χ4v) is 2.47. The van der Waals surface area contributed by atoms with Crippen LogP contribution in [-0.2, 0) is 9.59 Å². The highest BCUT2D eigenvalue weighted by atomic mass is 32.2. The number of rotatable bonds is 6. The SMILES string of the molecule is CC(C)C(Sc1ccccc1)C(=O)NCC(=O)O. The molecule has 0 fully saturated rings. The summed E-state index contributed by atoms with van der Waals surface area (Å²) in [5.41, 5.74) is 0. The van der Waals surface area contributed by atoms with Gasteiger partial charge in [0.1, 0.15) is 6.54 Å². The van der Waals surface area contributed by atoms with E-state index in [1.165, 1.54) is 11.8 Å². The topological polar surface area (TPSA) is 66.4 Å². The van der Waals surface area contributed by atoms with Gasteiger partial charge in [-0.3, -0.25) is 9.59 Å². The molecule has 0 aliphatic heterocycles. The monoisotopic (exact) mass is 267 g/mol. The van der Waals surface area contributed by atoms with Gasteiger partial charge in [0.25, 0.3) is 0 Å². The Kier molecular flexibility index (Phi) is 5.71. The number of benzene rings is 1. The normalized spacial score (nSPS) is 12.2. The van der Waals surface area contributed by atoms with E-state index in [4.69, 9.17) is 5.11 Å². The summed E-state index contributed by atoms with van der Waals surface area (Å²) in [6, 6.07) is 9.61. The summed E-state index contributed by atoms with van der Waals surface area (Å²) >= 11 is 1.45. The molecule has 1 amide bonds. The molecule has 2 N–H and O–H groups in total. The Morgan fingerprint density at radius 1 is 1.28 bits per heavy atom. The quantitative estimate of drug-likeness (QED) is 0.774. The number of carboxylic acid groups (broad SMARTS) is 1. The second-order valence-corrected chi connectivity index (χ2v) is 5.42. The third-order valence-electron chi connectivity index (χ3n) is 2.28. The van der Waals surface area contributed by atoms with Gasteiger partial charge in [-0.25, -0.2) is 0 Å². The predicted molar refractivity (Wildman–Crippen MR) is 71.6 cm³/mol. The molecular formula is C13H17NO3S. The number of amides is 1. The van der Waals surface area contributed by atoms with Gasteiger partial charge in [-0.15, -0.1) is 11.8 Å². The van der Waals surface area contributed by atoms with Gasteiger partial charge in [-0.1, -0.05) is 32.0 Å². The zero-order valence-electron chi connectivity index (χ0n) is 10.4. The molecule has 0 spiro atoms. The van der Waals surface area contributed by atoms with E-state index in [0.717, 1.165) is 4.90 Å². The van der Waals surface area contributed by atoms with Crippen LogP contribution in [0.3, 0.4) is 0 Å². The summed E-state index contributed by atoms with van der Waals surface area (Å²) in [5, 5.41) is 10.7. The molecule has 0 radical (unpaired) electrons. The van der Waals surface area contributed by atoms with Crippen molar-refractivity contribution in [2.45, 2.75) is 24.0 Å². The Hall–Kier alpha value is -1.49. The maximum atomic E-state index is 11.9. The van der Waals surface area contributed by atoms with E-state index >= 15 is 0 Å². The number of aliphatic carboxylic acids is 1. The van der Waals surface area contributed by atoms with Crippen molar-refractivity contribution in [3.63, 3.8) is 0 Å². The zero-order chi connectivity index (χ0) is 13.5. The van der Waals surface area contributed by atoms with Crippen molar-refractivity contribution < 1.29 is 14.7 Å². The Labute approximate surface area is 111 Å². The Morgan fingerprint density at radius 2 is 1.89 bits per heavy atom. The molecule has 1 aromatic rings. The highest BCUT2D eigenvalue weighted by Crippen LogP contribution is 2.27. The number of hydrogen-bond donors (Lipinski definition) is 2. The van der Waals surface area contributed by atoms with Gasteiger partial charge >= 0.3 is 5.97 Å². The molecule has 1 unspecified atom stereocenters. The van der Waals surface area contributed by atoms with Crippen molar-refractivity contribution in [1.29, 1.82) is 0 Å². The van der Waals surface area contributed by atoms with E-state index in [1.54, 1.807) is 0 Å². The van der Waals surface area contributed by atoms with Crippen molar-refractivity contribution in [3.05, 3.63) is 30.3 Å². The lowest BCUT2D eigenvalue weighted by atomic mass is 10.1. The number of carbonyl (C=O) groups is 2. The van der Waals surface area contributed by atoms with Crippen molar-refractivity contribution >= 4 is 23.6 Å². The second-order valence-electron chi connectivity index (χ2n) is 4.21. The van der Waals surface area contributed by atoms with Crippen molar-refractivity contribution in [2.75, 3.05) is 6.54 Å². The predicted octanol–water partition coefficient (Wildman–Crippen LogP) is 2.00. The number of thioether (sulfide) groups is 1. The van der Waals surface area contributed by atoms with Crippen LogP contribution < -0.4 is 5.32 Å². The molecule has 0 saturated carbocycles. The summed E-state index contributed by atoms with van der Waals surface area (Å²) in [5.74, 6) is -1.14. The number of carboxylic acids is 1. The smallest absolute Gasteiger partial charge is 0.322 e. The van der Waals surface area contributed by atoms with Crippen LogP contribution in [0.15, 0.2) is 35.2 Å². The van der Waals surface area contributed by atoms with E-state index in [-0.39, 0.29) is 23.6 Å². The number of nitrogens with one attached hydrogen (secondary N) is 1. The molecule has 1 rings (SSSR count). The van der Waals surface area contributed by atoms with Gasteiger partial charge in [0, 0.05) is 4.90 Å². The average molecular weight is 267 g/mol. The molecule has 0 saturated heterocycles. The Morgan fingerprint density at radius 3 is 2.39 bits per heavy atom. The standard InChI is InChI=1S/C13H17NO3S/c1-9(2)12(13(17)14-8-11(15)16)18-10-6-4-3-5-7-10/h3-7,9,12H,8H2,1-2H3,(H,14,17)(H,15,16). The lowest BCUT2D eigenvalue weighted by molar-refractivity contribution is -0.137. The minimum absolute atomic E-state index is 0.129. The van der Waals surface area contributed by atoms with Gasteiger partial charge in [0.15, 0.2) is 0 Å². The average Bonchev–Trinajstić information content (AvgIpc) is 2.34. The fourth-order valence-electron chi connectivity index (χ4n) is 1.40. The highest BCUT2D eigenvalue weighted by Gasteiger charge is 2.23. The summed E-state index contributed by atoms with van der Waals surface area (Å²) in [6.07, 6.45) is 0. The van der Waals surface area contributed by atoms with E-state index in [1.807, 2.05) is 44.2 Å². The van der Waals surface area contributed by atoms with Crippen LogP contribution in [0.25, 0.3) is 0 Å². The first kappa shape index (κ1) is 14.6. The van der Waals surface area contributed by atoms with Crippen molar-refractivity contribution in [2.24, 2.45) is 5.92 Å². The molecule has 5 heteroatoms. The molecule has 0 aliphatic carbocycles. The van der Waals surface area contributed by atoms with Gasteiger partial charge < -0.3 is 10.4 Å². The van der Waals surface area contributed by atoms with Crippen molar-refractivity contribution in [3.8, 4) is 0 Å². The fraction of sp³-hybridized carbons (Fsp3) is 0.385. The van der Waals surface area contributed by atoms with Crippen molar-refractivity contribution in [1.82, 2.24) is 5.32 Å². The maximum Gasteiger partial charge on any atom is 0.322 e. The Balaban J connectivity index is 2.65. The van der Waals surface area contributed by atoms with Crippen LogP contribution >= 0.6 is 11.8 Å². The maximum absolute atomic E-state index is 11.9. The first-order chi connectivity index (χ1) is 8.50. The van der Waals surface area contributed by atoms with Crippen LogP contribution in [0, 0.1) is 5.92 Å². The third kappa shape index (κ3) is 4.79. The number of hydrogen-bond acceptors (Lipinski definition) is 3. The second kappa shape index (κ2) is 7.06. The summed E-state index contributed by atoms with van der Waals surface area (Å²) in [6.45, 7) is 3.55. The molecule has 0 bridgehead atoms. The molecule has 1 atom stereocenters. The van der Waals surface area contributed by atoms with Crippen LogP contribution in [0.4, 0.5) is 0 Å². The van der Waals surface area contributed by atoms with Crippen LogP contribution in [-0.4, -0.2) is 28.8 Å². The van der Waals surface area contributed by atoms with Crippen LogP contribution in [0.2, 0.25) is 0 Å². The minimum atomic E-state index is -1.03. The van der Waals surface area contributed by atoms with Crippen LogP contribution in [0.5, 0.6) is 0 Å². The molecule has 0 aromatic heterocycles. The van der Waals surface area contributed by atoms with Gasteiger partial charge in [0.05, 0.1) is 5.25 Å². The lowest BCUT2D eigenvalue weighted by Crippen LogP contribution is -2.38. The molecule has 18 heavy (non-hydrogen) atoms. The summed E-state index contributed by atoms with van der Waals surface area (Å²) < 4.78 is 0. The first-order valence-electron chi connectivity index (χ1n) is 5.72. The zero-order valence-corrected chi connectivity index (χ0v) is 11.2. The molecular weight excluding hydrogens is 250 g/mol. The van der Waals surface area contributed by atoms with Gasteiger partial charge in [-0.2, -0.15) is 0 Å². The molecule has 98 valence electrons.